The molecule has 9 heteroatoms. The first-order chi connectivity index (χ1) is 1.73. The predicted octanol–water partition coefficient (Wildman–Crippen LogP) is 0.975. The summed E-state index contributed by atoms with van der Waals surface area (Å²) in [6.45, 7) is 0. The fourth-order valence-corrected chi connectivity index (χ4v) is 0. The van der Waals surface area contributed by atoms with E-state index >= 15 is 0 Å². The molecule has 0 bridgehead atoms. The minimum atomic E-state index is -0.778. The van der Waals surface area contributed by atoms with Gasteiger partial charge in [-0.25, -0.2) is 0 Å². The van der Waals surface area contributed by atoms with Gasteiger partial charge in [0.2, 0.25) is 0 Å². The Balaban J connectivity index is -0.00000000450. The molecule has 0 aromatic heterocycles. The Kier molecular flexibility index (Phi) is 227. The molecule has 0 aromatic carbocycles. The minimum absolute atomic E-state index is 0. The minimum Gasteiger partial charge on any atom is -0.748 e. The molecular formula is H13ClN5O2Pd-. The molecule has 0 aliphatic heterocycles. The second-order valence-electron chi connectivity index (χ2n) is 0.226. The van der Waals surface area contributed by atoms with Crippen LogP contribution in [-0.4, -0.2) is 9.95 Å². The van der Waals surface area contributed by atoms with Gasteiger partial charge in [0.15, 0.2) is 0 Å². The first-order valence-electron chi connectivity index (χ1n) is 0.552. The van der Waals surface area contributed by atoms with Crippen LogP contribution in [0.15, 0.2) is 0 Å². The van der Waals surface area contributed by atoms with Crippen molar-refractivity contribution in [2.24, 2.45) is 0 Å². The summed E-state index contributed by atoms with van der Waals surface area (Å²) in [5.41, 5.74) is 0. The monoisotopic (exact) mass is 256 g/mol. The molecule has 0 aliphatic rings. The second-order valence-corrected chi connectivity index (χ2v) is 0.515. The van der Waals surface area contributed by atoms with E-state index in [1.54, 1.807) is 0 Å². The Hall–Kier alpha value is 0.672. The average molecular weight is 257 g/mol. The van der Waals surface area contributed by atoms with Crippen LogP contribution in [0.25, 0.3) is 0 Å². The molecule has 0 radical (unpaired) electrons. The standard InChI is InChI=1S/ClHNO2.4H3N.Pd/c1-2(3)4;;;;;/h3H;4*1H3;/q-1;;;;;. The van der Waals surface area contributed by atoms with Crippen LogP contribution < -0.4 is 24.6 Å². The van der Waals surface area contributed by atoms with Crippen molar-refractivity contribution in [3.8, 4) is 0 Å². The van der Waals surface area contributed by atoms with E-state index in [0.717, 1.165) is 0 Å². The summed E-state index contributed by atoms with van der Waals surface area (Å²) >= 11 is 4.11. The van der Waals surface area contributed by atoms with Gasteiger partial charge in [0.1, 0.15) is 0 Å². The smallest absolute Gasteiger partial charge is 0 e. The van der Waals surface area contributed by atoms with Crippen molar-refractivity contribution in [3.05, 3.63) is 5.21 Å². The van der Waals surface area contributed by atoms with E-state index in [9.17, 15) is 0 Å². The van der Waals surface area contributed by atoms with Gasteiger partial charge >= 0.3 is 0 Å². The van der Waals surface area contributed by atoms with Crippen LogP contribution >= 0.6 is 11.8 Å². The van der Waals surface area contributed by atoms with Crippen LogP contribution in [0.1, 0.15) is 0 Å². The van der Waals surface area contributed by atoms with Crippen LogP contribution in [0.2, 0.25) is 0 Å². The molecule has 0 aliphatic carbocycles. The van der Waals surface area contributed by atoms with Crippen LogP contribution in [-0.2, 0) is 20.4 Å². The van der Waals surface area contributed by atoms with E-state index in [4.69, 9.17) is 10.4 Å². The summed E-state index contributed by atoms with van der Waals surface area (Å²) in [6.07, 6.45) is 0. The zero-order chi connectivity index (χ0) is 3.58. The molecule has 13 N–H and O–H groups in total. The maximum absolute atomic E-state index is 8.68. The first-order valence-corrected chi connectivity index (χ1v) is 0.890. The molecule has 68 valence electrons. The Bertz CT molecular complexity index is 19.7. The van der Waals surface area contributed by atoms with E-state index in [-0.39, 0.29) is 45.0 Å². The van der Waals surface area contributed by atoms with Crippen molar-refractivity contribution in [2.45, 2.75) is 0 Å². The number of nitrogens with zero attached hydrogens (tertiary/aromatic N) is 1. The van der Waals surface area contributed by atoms with E-state index < -0.39 is 4.75 Å². The molecule has 0 fully saturated rings. The largest absolute Gasteiger partial charge is 0.748 e. The first kappa shape index (κ1) is 53.9. The van der Waals surface area contributed by atoms with Crippen molar-refractivity contribution < 1.29 is 25.6 Å². The van der Waals surface area contributed by atoms with Gasteiger partial charge in [-0.05, 0) is 11.8 Å². The molecule has 0 amide bonds. The van der Waals surface area contributed by atoms with E-state index in [1.807, 2.05) is 0 Å². The fourth-order valence-electron chi connectivity index (χ4n) is 0. The molecule has 0 saturated heterocycles. The van der Waals surface area contributed by atoms with Gasteiger partial charge in [-0.3, -0.25) is 0 Å². The summed E-state index contributed by atoms with van der Waals surface area (Å²) in [5.74, 6) is 0. The fraction of sp³-hybridized carbons (Fsp3) is 0. The zero-order valence-corrected chi connectivity index (χ0v) is 7.14. The maximum atomic E-state index is 8.68. The quantitative estimate of drug-likeness (QED) is 0.242. The predicted molar refractivity (Wildman–Crippen MR) is 32.9 cm³/mol. The van der Waals surface area contributed by atoms with Crippen LogP contribution in [0.3, 0.4) is 0 Å². The summed E-state index contributed by atoms with van der Waals surface area (Å²) in [7, 11) is 0. The molecule has 0 spiro atoms. The van der Waals surface area contributed by atoms with E-state index in [2.05, 4.69) is 11.8 Å². The Labute approximate surface area is 72.4 Å². The third-order valence-corrected chi connectivity index (χ3v) is 0. The van der Waals surface area contributed by atoms with Crippen molar-refractivity contribution in [1.29, 1.82) is 0 Å². The topological polar surface area (TPSA) is 187 Å². The third-order valence-electron chi connectivity index (χ3n) is 0. The molecule has 0 heterocycles. The third kappa shape index (κ3) is 854. The number of hydrogen-bond donors (Lipinski definition) is 5. The SMILES string of the molecule is N.N.N.N.[O-]N(O)Cl.[Pd]. The maximum Gasteiger partial charge on any atom is 0 e. The molecule has 0 rings (SSSR count). The molecule has 0 saturated carbocycles. The molecule has 9 heavy (non-hydrogen) atoms. The van der Waals surface area contributed by atoms with Crippen molar-refractivity contribution in [3.63, 3.8) is 0 Å². The van der Waals surface area contributed by atoms with Crippen LogP contribution in [0.5, 0.6) is 0 Å². The van der Waals surface area contributed by atoms with Gasteiger partial charge in [0.05, 0.1) is 0 Å². The van der Waals surface area contributed by atoms with Crippen molar-refractivity contribution >= 4 is 11.8 Å². The molecule has 0 atom stereocenters. The van der Waals surface area contributed by atoms with Gasteiger partial charge in [0.25, 0.3) is 0 Å². The summed E-state index contributed by atoms with van der Waals surface area (Å²) in [5, 5.41) is 15.8. The van der Waals surface area contributed by atoms with Crippen LogP contribution in [0.4, 0.5) is 0 Å². The molecule has 0 unspecified atom stereocenters. The molecular weight excluding hydrogens is 244 g/mol. The van der Waals surface area contributed by atoms with Gasteiger partial charge in [-0.15, -0.1) is 0 Å². The molecule has 0 aromatic rings. The van der Waals surface area contributed by atoms with E-state index in [1.165, 1.54) is 0 Å². The van der Waals surface area contributed by atoms with Gasteiger partial charge in [0, 0.05) is 20.4 Å². The van der Waals surface area contributed by atoms with E-state index in [0.29, 0.717) is 0 Å². The van der Waals surface area contributed by atoms with Crippen molar-refractivity contribution in [2.75, 3.05) is 0 Å². The number of hydrogen-bond acceptors (Lipinski definition) is 7. The van der Waals surface area contributed by atoms with Crippen LogP contribution in [0, 0.1) is 5.21 Å². The normalized spacial score (nSPS) is 4.00. The number of rotatable bonds is 0. The number of halogens is 1. The zero-order valence-electron chi connectivity index (χ0n) is 4.83. The Morgan fingerprint density at radius 3 is 1.11 bits per heavy atom. The van der Waals surface area contributed by atoms with Gasteiger partial charge < -0.3 is 35.0 Å². The Morgan fingerprint density at radius 2 is 1.11 bits per heavy atom. The summed E-state index contributed by atoms with van der Waals surface area (Å²) in [6, 6.07) is 0. The van der Waals surface area contributed by atoms with Gasteiger partial charge in [-0.2, -0.15) is 4.75 Å². The van der Waals surface area contributed by atoms with Crippen molar-refractivity contribution in [1.82, 2.24) is 29.3 Å². The summed E-state index contributed by atoms with van der Waals surface area (Å²) < 4.78 is -0.778. The average Bonchev–Trinajstić information content (AvgIpc) is 0.811. The summed E-state index contributed by atoms with van der Waals surface area (Å²) in [4.78, 5) is 0. The second kappa shape index (κ2) is 37.9. The Morgan fingerprint density at radius 1 is 1.11 bits per heavy atom. The van der Waals surface area contributed by atoms with Gasteiger partial charge in [-0.1, -0.05) is 0 Å². The molecule has 7 nitrogen and oxygen atoms in total.